The maximum Gasteiger partial charge on any atom is 0.336 e. The third kappa shape index (κ3) is 3.76. The molecule has 1 aliphatic carbocycles. The van der Waals surface area contributed by atoms with Crippen LogP contribution in [0.4, 0.5) is 0 Å². The number of rotatable bonds is 5. The molecular weight excluding hydrogens is 206 g/mol. The number of aliphatic hydroxyl groups is 1. The summed E-state index contributed by atoms with van der Waals surface area (Å²) < 4.78 is 0. The molecule has 4 nitrogen and oxygen atoms in total. The van der Waals surface area contributed by atoms with Gasteiger partial charge < -0.3 is 15.5 Å². The highest BCUT2D eigenvalue weighted by atomic mass is 16.4. The molecule has 0 bridgehead atoms. The highest BCUT2D eigenvalue weighted by molar-refractivity contribution is 5.76. The summed E-state index contributed by atoms with van der Waals surface area (Å²) in [5, 5.41) is 21.4. The highest BCUT2D eigenvalue weighted by Gasteiger charge is 2.31. The number of hydrogen-bond acceptors (Lipinski definition) is 3. The van der Waals surface area contributed by atoms with E-state index in [1.165, 1.54) is 39.0 Å². The van der Waals surface area contributed by atoms with E-state index in [9.17, 15) is 9.90 Å². The molecule has 1 fully saturated rings. The van der Waals surface area contributed by atoms with Crippen LogP contribution in [0.1, 0.15) is 46.0 Å². The van der Waals surface area contributed by atoms with Gasteiger partial charge in [0.1, 0.15) is 0 Å². The fourth-order valence-electron chi connectivity index (χ4n) is 2.27. The van der Waals surface area contributed by atoms with Gasteiger partial charge in [0, 0.05) is 13.1 Å². The average Bonchev–Trinajstić information content (AvgIpc) is 2.17. The van der Waals surface area contributed by atoms with Crippen LogP contribution in [0, 0.1) is 5.41 Å². The molecule has 16 heavy (non-hydrogen) atoms. The van der Waals surface area contributed by atoms with Gasteiger partial charge in [-0.15, -0.1) is 0 Å². The number of carboxylic acid groups (broad SMARTS) is 1. The van der Waals surface area contributed by atoms with Gasteiger partial charge in [-0.3, -0.25) is 0 Å². The minimum atomic E-state index is -1.66. The van der Waals surface area contributed by atoms with Crippen molar-refractivity contribution in [3.8, 4) is 0 Å². The van der Waals surface area contributed by atoms with E-state index < -0.39 is 11.6 Å². The van der Waals surface area contributed by atoms with E-state index in [1.807, 2.05) is 0 Å². The fraction of sp³-hybridized carbons (Fsp3) is 0.917. The van der Waals surface area contributed by atoms with Crippen molar-refractivity contribution in [2.45, 2.75) is 51.6 Å². The standard InChI is InChI=1S/C12H23NO3/c1-11(6-4-3-5-7-11)8-13-9-12(2,16)10(14)15/h13,16H,3-9H2,1-2H3,(H,14,15). The smallest absolute Gasteiger partial charge is 0.336 e. The Morgan fingerprint density at radius 2 is 1.94 bits per heavy atom. The largest absolute Gasteiger partial charge is 0.479 e. The van der Waals surface area contributed by atoms with Gasteiger partial charge in [-0.25, -0.2) is 4.79 Å². The number of hydrogen-bond donors (Lipinski definition) is 3. The van der Waals surface area contributed by atoms with E-state index in [2.05, 4.69) is 12.2 Å². The molecule has 3 N–H and O–H groups in total. The van der Waals surface area contributed by atoms with Gasteiger partial charge in [0.2, 0.25) is 0 Å². The monoisotopic (exact) mass is 229 g/mol. The predicted molar refractivity (Wildman–Crippen MR) is 62.3 cm³/mol. The second-order valence-electron chi connectivity index (χ2n) is 5.55. The first kappa shape index (κ1) is 13.5. The van der Waals surface area contributed by atoms with Gasteiger partial charge in [-0.1, -0.05) is 26.2 Å². The molecule has 0 heterocycles. The van der Waals surface area contributed by atoms with Crippen molar-refractivity contribution in [1.29, 1.82) is 0 Å². The van der Waals surface area contributed by atoms with Crippen LogP contribution in [0.5, 0.6) is 0 Å². The van der Waals surface area contributed by atoms with Gasteiger partial charge in [0.15, 0.2) is 5.60 Å². The molecule has 0 aromatic carbocycles. The van der Waals surface area contributed by atoms with Gasteiger partial charge in [0.25, 0.3) is 0 Å². The summed E-state index contributed by atoms with van der Waals surface area (Å²) in [6.07, 6.45) is 6.20. The maximum absolute atomic E-state index is 10.7. The lowest BCUT2D eigenvalue weighted by molar-refractivity contribution is -0.156. The summed E-state index contributed by atoms with van der Waals surface area (Å²) in [6.45, 7) is 4.45. The molecule has 0 spiro atoms. The average molecular weight is 229 g/mol. The van der Waals surface area contributed by atoms with Crippen molar-refractivity contribution < 1.29 is 15.0 Å². The Balaban J connectivity index is 2.31. The maximum atomic E-state index is 10.7. The lowest BCUT2D eigenvalue weighted by Crippen LogP contribution is -2.47. The van der Waals surface area contributed by atoms with Crippen molar-refractivity contribution in [2.75, 3.05) is 13.1 Å². The molecule has 1 aliphatic rings. The van der Waals surface area contributed by atoms with Gasteiger partial charge in [-0.05, 0) is 25.2 Å². The van der Waals surface area contributed by atoms with Crippen molar-refractivity contribution >= 4 is 5.97 Å². The van der Waals surface area contributed by atoms with Gasteiger partial charge >= 0.3 is 5.97 Å². The van der Waals surface area contributed by atoms with Gasteiger partial charge in [-0.2, -0.15) is 0 Å². The first-order chi connectivity index (χ1) is 7.36. The van der Waals surface area contributed by atoms with E-state index in [0.717, 1.165) is 6.54 Å². The van der Waals surface area contributed by atoms with Crippen molar-refractivity contribution in [2.24, 2.45) is 5.41 Å². The van der Waals surface area contributed by atoms with Crippen LogP contribution in [0.25, 0.3) is 0 Å². The number of carboxylic acids is 1. The predicted octanol–water partition coefficient (Wildman–Crippen LogP) is 1.38. The summed E-state index contributed by atoms with van der Waals surface area (Å²) in [6, 6.07) is 0. The Hall–Kier alpha value is -0.610. The van der Waals surface area contributed by atoms with Crippen LogP contribution in [-0.4, -0.2) is 34.9 Å². The van der Waals surface area contributed by atoms with Crippen LogP contribution in [0.3, 0.4) is 0 Å². The Bertz CT molecular complexity index is 245. The van der Waals surface area contributed by atoms with E-state index in [-0.39, 0.29) is 12.0 Å². The lowest BCUT2D eigenvalue weighted by atomic mass is 9.75. The topological polar surface area (TPSA) is 69.6 Å². The Kier molecular flexibility index (Phi) is 4.33. The quantitative estimate of drug-likeness (QED) is 0.666. The minimum Gasteiger partial charge on any atom is -0.479 e. The summed E-state index contributed by atoms with van der Waals surface area (Å²) >= 11 is 0. The molecule has 1 saturated carbocycles. The SMILES string of the molecule is CC1(CNCC(C)(O)C(=O)O)CCCCC1. The van der Waals surface area contributed by atoms with Crippen molar-refractivity contribution in [3.05, 3.63) is 0 Å². The molecule has 0 aliphatic heterocycles. The highest BCUT2D eigenvalue weighted by Crippen LogP contribution is 2.34. The molecule has 4 heteroatoms. The molecule has 0 amide bonds. The Morgan fingerprint density at radius 1 is 1.38 bits per heavy atom. The summed E-state index contributed by atoms with van der Waals surface area (Å²) in [7, 11) is 0. The van der Waals surface area contributed by atoms with E-state index >= 15 is 0 Å². The van der Waals surface area contributed by atoms with E-state index in [0.29, 0.717) is 0 Å². The van der Waals surface area contributed by atoms with Crippen LogP contribution < -0.4 is 5.32 Å². The van der Waals surface area contributed by atoms with Gasteiger partial charge in [0.05, 0.1) is 0 Å². The zero-order valence-corrected chi connectivity index (χ0v) is 10.3. The number of carbonyl (C=O) groups is 1. The minimum absolute atomic E-state index is 0.109. The lowest BCUT2D eigenvalue weighted by Gasteiger charge is -2.34. The number of nitrogens with one attached hydrogen (secondary N) is 1. The molecule has 1 unspecified atom stereocenters. The molecule has 1 atom stereocenters. The van der Waals surface area contributed by atoms with E-state index in [1.54, 1.807) is 0 Å². The summed E-state index contributed by atoms with van der Waals surface area (Å²) in [5.41, 5.74) is -1.39. The number of aliphatic carboxylic acids is 1. The third-order valence-corrected chi connectivity index (χ3v) is 3.54. The molecule has 1 rings (SSSR count). The molecular formula is C12H23NO3. The first-order valence-electron chi connectivity index (χ1n) is 6.02. The third-order valence-electron chi connectivity index (χ3n) is 3.54. The van der Waals surface area contributed by atoms with Crippen LogP contribution in [-0.2, 0) is 4.79 Å². The molecule has 94 valence electrons. The van der Waals surface area contributed by atoms with E-state index in [4.69, 9.17) is 5.11 Å². The summed E-state index contributed by atoms with van der Waals surface area (Å²) in [4.78, 5) is 10.7. The zero-order valence-electron chi connectivity index (χ0n) is 10.3. The van der Waals surface area contributed by atoms with Crippen molar-refractivity contribution in [3.63, 3.8) is 0 Å². The second-order valence-corrected chi connectivity index (χ2v) is 5.55. The molecule has 0 radical (unpaired) electrons. The zero-order chi connectivity index (χ0) is 12.2. The normalized spacial score (nSPS) is 23.7. The second kappa shape index (κ2) is 5.15. The van der Waals surface area contributed by atoms with Crippen LogP contribution in [0.2, 0.25) is 0 Å². The van der Waals surface area contributed by atoms with Crippen molar-refractivity contribution in [1.82, 2.24) is 5.32 Å². The molecule has 0 aromatic heterocycles. The fourth-order valence-corrected chi connectivity index (χ4v) is 2.27. The molecule has 0 saturated heterocycles. The van der Waals surface area contributed by atoms with Crippen LogP contribution in [0.15, 0.2) is 0 Å². The molecule has 0 aromatic rings. The Labute approximate surface area is 97.0 Å². The first-order valence-corrected chi connectivity index (χ1v) is 6.02. The summed E-state index contributed by atoms with van der Waals surface area (Å²) in [5.74, 6) is -1.17. The Morgan fingerprint density at radius 3 is 2.44 bits per heavy atom. The van der Waals surface area contributed by atoms with Crippen LogP contribution >= 0.6 is 0 Å².